The van der Waals surface area contributed by atoms with Crippen LogP contribution >= 0.6 is 0 Å². The molecule has 0 atom stereocenters. The van der Waals surface area contributed by atoms with Crippen molar-refractivity contribution in [1.29, 1.82) is 0 Å². The SMILES string of the molecule is CCCCCn1c(-c2ccc([N+](=O)[O-])cc2)cnc1N. The number of benzene rings is 1. The fraction of sp³-hybridized carbons (Fsp3) is 0.357. The van der Waals surface area contributed by atoms with Crippen LogP contribution in [0.25, 0.3) is 11.3 Å². The fourth-order valence-electron chi connectivity index (χ4n) is 2.13. The van der Waals surface area contributed by atoms with Crippen LogP contribution in [-0.4, -0.2) is 14.5 Å². The summed E-state index contributed by atoms with van der Waals surface area (Å²) in [5.74, 6) is 0.481. The highest BCUT2D eigenvalue weighted by Gasteiger charge is 2.11. The highest BCUT2D eigenvalue weighted by atomic mass is 16.6. The van der Waals surface area contributed by atoms with Crippen molar-refractivity contribution >= 4 is 11.6 Å². The van der Waals surface area contributed by atoms with E-state index in [2.05, 4.69) is 11.9 Å². The lowest BCUT2D eigenvalue weighted by atomic mass is 10.1. The van der Waals surface area contributed by atoms with E-state index in [1.165, 1.54) is 12.1 Å². The second-order valence-electron chi connectivity index (χ2n) is 4.66. The van der Waals surface area contributed by atoms with Gasteiger partial charge in [-0.3, -0.25) is 10.1 Å². The molecule has 1 heterocycles. The molecule has 0 amide bonds. The summed E-state index contributed by atoms with van der Waals surface area (Å²) in [6, 6.07) is 6.44. The van der Waals surface area contributed by atoms with E-state index in [1.54, 1.807) is 18.3 Å². The van der Waals surface area contributed by atoms with E-state index in [-0.39, 0.29) is 5.69 Å². The number of nitro groups is 1. The van der Waals surface area contributed by atoms with Crippen molar-refractivity contribution in [3.05, 3.63) is 40.6 Å². The summed E-state index contributed by atoms with van der Waals surface area (Å²) < 4.78 is 1.96. The van der Waals surface area contributed by atoms with Gasteiger partial charge >= 0.3 is 0 Å². The van der Waals surface area contributed by atoms with Gasteiger partial charge in [0.1, 0.15) is 0 Å². The Bertz CT molecular complexity index is 590. The normalized spacial score (nSPS) is 10.7. The Labute approximate surface area is 117 Å². The summed E-state index contributed by atoms with van der Waals surface area (Å²) >= 11 is 0. The third-order valence-electron chi connectivity index (χ3n) is 3.25. The molecule has 2 aromatic rings. The molecule has 0 aliphatic rings. The predicted molar refractivity (Wildman–Crippen MR) is 78.3 cm³/mol. The third-order valence-corrected chi connectivity index (χ3v) is 3.25. The number of anilines is 1. The summed E-state index contributed by atoms with van der Waals surface area (Å²) in [6.07, 6.45) is 5.03. The van der Waals surface area contributed by atoms with Crippen molar-refractivity contribution in [2.24, 2.45) is 0 Å². The summed E-state index contributed by atoms with van der Waals surface area (Å²) in [7, 11) is 0. The van der Waals surface area contributed by atoms with Crippen LogP contribution in [-0.2, 0) is 6.54 Å². The van der Waals surface area contributed by atoms with Crippen LogP contribution in [0.5, 0.6) is 0 Å². The van der Waals surface area contributed by atoms with E-state index in [4.69, 9.17) is 5.73 Å². The van der Waals surface area contributed by atoms with Gasteiger partial charge in [0.25, 0.3) is 5.69 Å². The number of hydrogen-bond acceptors (Lipinski definition) is 4. The molecular formula is C14H18N4O2. The smallest absolute Gasteiger partial charge is 0.269 e. The number of nitrogens with zero attached hydrogens (tertiary/aromatic N) is 3. The van der Waals surface area contributed by atoms with Crippen molar-refractivity contribution in [3.8, 4) is 11.3 Å². The topological polar surface area (TPSA) is 87.0 Å². The molecule has 1 aromatic carbocycles. The Morgan fingerprint density at radius 3 is 2.60 bits per heavy atom. The van der Waals surface area contributed by atoms with Gasteiger partial charge in [0.15, 0.2) is 0 Å². The van der Waals surface area contributed by atoms with Gasteiger partial charge in [0.05, 0.1) is 16.8 Å². The number of nitrogen functional groups attached to an aromatic ring is 1. The van der Waals surface area contributed by atoms with Crippen molar-refractivity contribution < 1.29 is 4.92 Å². The Morgan fingerprint density at radius 1 is 1.30 bits per heavy atom. The van der Waals surface area contributed by atoms with Gasteiger partial charge in [0.2, 0.25) is 5.95 Å². The number of aromatic nitrogens is 2. The number of nitrogens with two attached hydrogens (primary N) is 1. The third kappa shape index (κ3) is 2.96. The van der Waals surface area contributed by atoms with E-state index in [0.717, 1.165) is 37.1 Å². The summed E-state index contributed by atoms with van der Waals surface area (Å²) in [4.78, 5) is 14.4. The first kappa shape index (κ1) is 14.0. The van der Waals surface area contributed by atoms with Crippen LogP contribution in [0.1, 0.15) is 26.2 Å². The average Bonchev–Trinajstić information content (AvgIpc) is 2.81. The van der Waals surface area contributed by atoms with Crippen molar-refractivity contribution in [3.63, 3.8) is 0 Å². The van der Waals surface area contributed by atoms with Crippen LogP contribution in [0.3, 0.4) is 0 Å². The molecule has 2 N–H and O–H groups in total. The molecule has 1 aromatic heterocycles. The van der Waals surface area contributed by atoms with Gasteiger partial charge in [-0.1, -0.05) is 19.8 Å². The van der Waals surface area contributed by atoms with E-state index in [0.29, 0.717) is 5.95 Å². The van der Waals surface area contributed by atoms with Gasteiger partial charge in [0, 0.05) is 24.2 Å². The van der Waals surface area contributed by atoms with E-state index >= 15 is 0 Å². The van der Waals surface area contributed by atoms with E-state index in [1.807, 2.05) is 4.57 Å². The molecule has 0 saturated heterocycles. The largest absolute Gasteiger partial charge is 0.369 e. The predicted octanol–water partition coefficient (Wildman–Crippen LogP) is 3.23. The van der Waals surface area contributed by atoms with Crippen LogP contribution in [0.15, 0.2) is 30.5 Å². The van der Waals surface area contributed by atoms with Crippen molar-refractivity contribution in [1.82, 2.24) is 9.55 Å². The first-order valence-corrected chi connectivity index (χ1v) is 6.69. The number of nitro benzene ring substituents is 1. The Morgan fingerprint density at radius 2 is 2.00 bits per heavy atom. The van der Waals surface area contributed by atoms with E-state index < -0.39 is 4.92 Å². The van der Waals surface area contributed by atoms with Crippen molar-refractivity contribution in [2.45, 2.75) is 32.7 Å². The monoisotopic (exact) mass is 274 g/mol. The number of imidazole rings is 1. The summed E-state index contributed by atoms with van der Waals surface area (Å²) in [5, 5.41) is 10.7. The van der Waals surface area contributed by atoms with Gasteiger partial charge in [-0.25, -0.2) is 4.98 Å². The van der Waals surface area contributed by atoms with E-state index in [9.17, 15) is 10.1 Å². The molecular weight excluding hydrogens is 256 g/mol. The second-order valence-corrected chi connectivity index (χ2v) is 4.66. The molecule has 0 saturated carbocycles. The molecule has 0 unspecified atom stereocenters. The molecule has 0 spiro atoms. The van der Waals surface area contributed by atoms with Crippen LogP contribution < -0.4 is 5.73 Å². The molecule has 2 rings (SSSR count). The highest BCUT2D eigenvalue weighted by Crippen LogP contribution is 2.24. The van der Waals surface area contributed by atoms with Crippen LogP contribution in [0.2, 0.25) is 0 Å². The molecule has 0 fully saturated rings. The minimum Gasteiger partial charge on any atom is -0.369 e. The first-order chi connectivity index (χ1) is 9.63. The number of rotatable bonds is 6. The highest BCUT2D eigenvalue weighted by molar-refractivity contribution is 5.62. The lowest BCUT2D eigenvalue weighted by molar-refractivity contribution is -0.384. The molecule has 0 aliphatic heterocycles. The Kier molecular flexibility index (Phi) is 4.34. The maximum atomic E-state index is 10.7. The van der Waals surface area contributed by atoms with Gasteiger partial charge in [-0.2, -0.15) is 0 Å². The standard InChI is InChI=1S/C14H18N4O2/c1-2-3-4-9-17-13(10-16-14(17)15)11-5-7-12(8-6-11)18(19)20/h5-8,10H,2-4,9H2,1H3,(H2,15,16). The lowest BCUT2D eigenvalue weighted by Crippen LogP contribution is -2.05. The minimum absolute atomic E-state index is 0.0822. The summed E-state index contributed by atoms with van der Waals surface area (Å²) in [6.45, 7) is 2.96. The molecule has 6 nitrogen and oxygen atoms in total. The average molecular weight is 274 g/mol. The maximum Gasteiger partial charge on any atom is 0.269 e. The Hall–Kier alpha value is -2.37. The number of unbranched alkanes of at least 4 members (excludes halogenated alkanes) is 2. The van der Waals surface area contributed by atoms with Gasteiger partial charge in [-0.05, 0) is 18.6 Å². The Balaban J connectivity index is 2.25. The maximum absolute atomic E-state index is 10.7. The zero-order valence-electron chi connectivity index (χ0n) is 11.5. The number of non-ortho nitro benzene ring substituents is 1. The summed E-state index contributed by atoms with van der Waals surface area (Å²) in [5.41, 5.74) is 7.75. The van der Waals surface area contributed by atoms with Gasteiger partial charge in [-0.15, -0.1) is 0 Å². The molecule has 0 radical (unpaired) electrons. The molecule has 0 bridgehead atoms. The van der Waals surface area contributed by atoms with Gasteiger partial charge < -0.3 is 10.3 Å². The molecule has 6 heteroatoms. The molecule has 20 heavy (non-hydrogen) atoms. The quantitative estimate of drug-likeness (QED) is 0.497. The van der Waals surface area contributed by atoms with Crippen molar-refractivity contribution in [2.75, 3.05) is 5.73 Å². The molecule has 0 aliphatic carbocycles. The van der Waals surface area contributed by atoms with Crippen LogP contribution in [0.4, 0.5) is 11.6 Å². The first-order valence-electron chi connectivity index (χ1n) is 6.69. The molecule has 106 valence electrons. The zero-order valence-corrected chi connectivity index (χ0v) is 11.5. The fourth-order valence-corrected chi connectivity index (χ4v) is 2.13. The van der Waals surface area contributed by atoms with Crippen LogP contribution in [0, 0.1) is 10.1 Å². The minimum atomic E-state index is -0.406. The zero-order chi connectivity index (χ0) is 14.5. The lowest BCUT2D eigenvalue weighted by Gasteiger charge is -2.09. The second kappa shape index (κ2) is 6.18. The number of hydrogen-bond donors (Lipinski definition) is 1.